The predicted octanol–water partition coefficient (Wildman–Crippen LogP) is 1.35. The van der Waals surface area contributed by atoms with E-state index in [-0.39, 0.29) is 11.5 Å². The van der Waals surface area contributed by atoms with Gasteiger partial charge in [-0.15, -0.1) is 22.9 Å². The molecule has 2 aromatic heterocycles. The lowest BCUT2D eigenvalue weighted by Crippen LogP contribution is -2.31. The van der Waals surface area contributed by atoms with Gasteiger partial charge in [0.25, 0.3) is 5.56 Å². The number of fused-ring (bicyclic) bond motifs is 1. The quantitative estimate of drug-likeness (QED) is 0.867. The van der Waals surface area contributed by atoms with E-state index < -0.39 is 5.38 Å². The zero-order valence-corrected chi connectivity index (χ0v) is 12.2. The summed E-state index contributed by atoms with van der Waals surface area (Å²) in [6.45, 7) is 3.86. The van der Waals surface area contributed by atoms with Gasteiger partial charge in [-0.25, -0.2) is 4.98 Å². The van der Waals surface area contributed by atoms with Crippen molar-refractivity contribution in [2.45, 2.75) is 25.6 Å². The third-order valence-corrected chi connectivity index (χ3v) is 3.72. The molecule has 2 aromatic rings. The number of carbonyl (C=O) groups is 1. The van der Waals surface area contributed by atoms with Gasteiger partial charge in [0, 0.05) is 35.8 Å². The Morgan fingerprint density at radius 3 is 3.05 bits per heavy atom. The van der Waals surface area contributed by atoms with Crippen molar-refractivity contribution in [1.29, 1.82) is 0 Å². The number of aromatic nitrogens is 2. The minimum absolute atomic E-state index is 0.0872. The van der Waals surface area contributed by atoms with Crippen molar-refractivity contribution < 1.29 is 4.79 Å². The zero-order chi connectivity index (χ0) is 14.0. The topological polar surface area (TPSA) is 63.5 Å². The Hall–Kier alpha value is -1.40. The summed E-state index contributed by atoms with van der Waals surface area (Å²) in [4.78, 5) is 28.2. The second kappa shape index (κ2) is 5.71. The number of nitrogens with zero attached hydrogens (tertiary/aromatic N) is 2. The maximum absolute atomic E-state index is 11.9. The number of carbonyl (C=O) groups excluding carboxylic acids is 1. The predicted molar refractivity (Wildman–Crippen MR) is 76.1 cm³/mol. The number of amides is 1. The highest BCUT2D eigenvalue weighted by Gasteiger charge is 2.10. The van der Waals surface area contributed by atoms with Crippen LogP contribution in [-0.4, -0.2) is 27.2 Å². The number of alkyl halides is 1. The van der Waals surface area contributed by atoms with Gasteiger partial charge in [0.05, 0.1) is 0 Å². The van der Waals surface area contributed by atoms with Crippen LogP contribution in [0.25, 0.3) is 4.96 Å². The van der Waals surface area contributed by atoms with Crippen molar-refractivity contribution in [3.8, 4) is 0 Å². The van der Waals surface area contributed by atoms with Crippen molar-refractivity contribution >= 4 is 33.8 Å². The van der Waals surface area contributed by atoms with Crippen LogP contribution in [0, 0.1) is 6.92 Å². The summed E-state index contributed by atoms with van der Waals surface area (Å²) in [7, 11) is 0. The Morgan fingerprint density at radius 1 is 1.63 bits per heavy atom. The fourth-order valence-electron chi connectivity index (χ4n) is 1.71. The summed E-state index contributed by atoms with van der Waals surface area (Å²) in [6.07, 6.45) is 0.569. The summed E-state index contributed by atoms with van der Waals surface area (Å²) < 4.78 is 1.58. The largest absolute Gasteiger partial charge is 0.354 e. The van der Waals surface area contributed by atoms with Crippen molar-refractivity contribution in [3.63, 3.8) is 0 Å². The second-order valence-corrected chi connectivity index (χ2v) is 5.73. The first kappa shape index (κ1) is 14.0. The van der Waals surface area contributed by atoms with Gasteiger partial charge in [-0.3, -0.25) is 14.0 Å². The molecule has 19 heavy (non-hydrogen) atoms. The highest BCUT2D eigenvalue weighted by atomic mass is 35.5. The van der Waals surface area contributed by atoms with E-state index in [0.717, 1.165) is 5.69 Å². The third-order valence-electron chi connectivity index (χ3n) is 2.65. The van der Waals surface area contributed by atoms with Crippen molar-refractivity contribution in [2.75, 3.05) is 6.54 Å². The smallest absolute Gasteiger partial charge is 0.258 e. The molecule has 1 atom stereocenters. The molecule has 5 nitrogen and oxygen atoms in total. The average molecular weight is 300 g/mol. The molecule has 0 saturated heterocycles. The van der Waals surface area contributed by atoms with E-state index in [4.69, 9.17) is 11.6 Å². The van der Waals surface area contributed by atoms with Crippen LogP contribution in [0.1, 0.15) is 18.3 Å². The van der Waals surface area contributed by atoms with Crippen LogP contribution in [0.3, 0.4) is 0 Å². The fraction of sp³-hybridized carbons (Fsp3) is 0.417. The van der Waals surface area contributed by atoms with E-state index in [1.807, 2.05) is 5.38 Å². The molecule has 102 valence electrons. The lowest BCUT2D eigenvalue weighted by Gasteiger charge is -2.06. The Kier molecular flexibility index (Phi) is 4.21. The molecule has 0 aliphatic heterocycles. The highest BCUT2D eigenvalue weighted by molar-refractivity contribution is 7.15. The van der Waals surface area contributed by atoms with Crippen LogP contribution in [0.4, 0.5) is 0 Å². The molecule has 2 heterocycles. The molecule has 1 N–H and O–H groups in total. The average Bonchev–Trinajstić information content (AvgIpc) is 2.72. The Labute approximate surface area is 119 Å². The molecule has 1 amide bonds. The lowest BCUT2D eigenvalue weighted by molar-refractivity contribution is -0.120. The molecule has 1 unspecified atom stereocenters. The summed E-state index contributed by atoms with van der Waals surface area (Å²) in [5, 5.41) is 4.05. The summed E-state index contributed by atoms with van der Waals surface area (Å²) >= 11 is 7.07. The molecule has 2 rings (SSSR count). The molecule has 0 saturated carbocycles. The van der Waals surface area contributed by atoms with Gasteiger partial charge < -0.3 is 5.32 Å². The van der Waals surface area contributed by atoms with Gasteiger partial charge >= 0.3 is 0 Å². The summed E-state index contributed by atoms with van der Waals surface area (Å²) in [6, 6.07) is 1.50. The van der Waals surface area contributed by atoms with Gasteiger partial charge in [0.2, 0.25) is 5.91 Å². The van der Waals surface area contributed by atoms with E-state index in [2.05, 4.69) is 10.3 Å². The minimum Gasteiger partial charge on any atom is -0.354 e. The standard InChI is InChI=1S/C12H14ClN3O2S/c1-7-5-10(17)16-9(6-19-12(16)15-7)3-4-14-11(18)8(2)13/h5-6,8H,3-4H2,1-2H3,(H,14,18). The molecule has 7 heteroatoms. The number of halogens is 1. The van der Waals surface area contributed by atoms with E-state index in [9.17, 15) is 9.59 Å². The molecule has 0 spiro atoms. The first-order chi connectivity index (χ1) is 8.99. The second-order valence-electron chi connectivity index (χ2n) is 4.24. The Morgan fingerprint density at radius 2 is 2.37 bits per heavy atom. The molecular weight excluding hydrogens is 286 g/mol. The number of aryl methyl sites for hydroxylation is 1. The highest BCUT2D eigenvalue weighted by Crippen LogP contribution is 2.12. The van der Waals surface area contributed by atoms with Crippen LogP contribution in [0.2, 0.25) is 0 Å². The van der Waals surface area contributed by atoms with Gasteiger partial charge in [-0.1, -0.05) is 0 Å². The first-order valence-electron chi connectivity index (χ1n) is 5.87. The Balaban J connectivity index is 2.14. The lowest BCUT2D eigenvalue weighted by atomic mass is 10.3. The number of rotatable bonds is 4. The van der Waals surface area contributed by atoms with E-state index >= 15 is 0 Å². The SMILES string of the molecule is Cc1cc(=O)n2c(CCNC(=O)C(C)Cl)csc2n1. The zero-order valence-electron chi connectivity index (χ0n) is 10.6. The van der Waals surface area contributed by atoms with Crippen LogP contribution in [0.5, 0.6) is 0 Å². The van der Waals surface area contributed by atoms with Gasteiger partial charge in [-0.2, -0.15) is 0 Å². The molecule has 0 radical (unpaired) electrons. The van der Waals surface area contributed by atoms with Crippen molar-refractivity contribution in [3.05, 3.63) is 33.2 Å². The molecular formula is C12H14ClN3O2S. The monoisotopic (exact) mass is 299 g/mol. The van der Waals surface area contributed by atoms with E-state index in [0.29, 0.717) is 23.6 Å². The summed E-state index contributed by atoms with van der Waals surface area (Å²) in [5.41, 5.74) is 1.47. The number of thiazole rings is 1. The summed E-state index contributed by atoms with van der Waals surface area (Å²) in [5.74, 6) is -0.206. The van der Waals surface area contributed by atoms with Crippen molar-refractivity contribution in [2.24, 2.45) is 0 Å². The van der Waals surface area contributed by atoms with Gasteiger partial charge in [0.15, 0.2) is 4.96 Å². The molecule has 0 aromatic carbocycles. The molecule has 0 aliphatic rings. The maximum atomic E-state index is 11.9. The van der Waals surface area contributed by atoms with Crippen LogP contribution in [-0.2, 0) is 11.2 Å². The molecule has 0 fully saturated rings. The van der Waals surface area contributed by atoms with Gasteiger partial charge in [0.1, 0.15) is 5.38 Å². The maximum Gasteiger partial charge on any atom is 0.258 e. The molecule has 0 aliphatic carbocycles. The number of hydrogen-bond acceptors (Lipinski definition) is 4. The number of nitrogens with one attached hydrogen (secondary N) is 1. The van der Waals surface area contributed by atoms with E-state index in [1.54, 1.807) is 18.2 Å². The Bertz CT molecular complexity index is 663. The van der Waals surface area contributed by atoms with Gasteiger partial charge in [-0.05, 0) is 13.8 Å². The fourth-order valence-corrected chi connectivity index (χ4v) is 2.76. The first-order valence-corrected chi connectivity index (χ1v) is 7.19. The van der Waals surface area contributed by atoms with Crippen LogP contribution >= 0.6 is 22.9 Å². The molecule has 0 bridgehead atoms. The number of hydrogen-bond donors (Lipinski definition) is 1. The minimum atomic E-state index is -0.550. The third kappa shape index (κ3) is 3.13. The van der Waals surface area contributed by atoms with Crippen LogP contribution in [0.15, 0.2) is 16.2 Å². The van der Waals surface area contributed by atoms with Crippen LogP contribution < -0.4 is 10.9 Å². The van der Waals surface area contributed by atoms with E-state index in [1.165, 1.54) is 17.4 Å². The normalized spacial score (nSPS) is 12.6. The van der Waals surface area contributed by atoms with Crippen molar-refractivity contribution in [1.82, 2.24) is 14.7 Å².